The second-order valence-corrected chi connectivity index (χ2v) is 3.37. The van der Waals surface area contributed by atoms with Crippen molar-refractivity contribution in [2.75, 3.05) is 0 Å². The van der Waals surface area contributed by atoms with Crippen LogP contribution in [-0.4, -0.2) is 17.1 Å². The van der Waals surface area contributed by atoms with Gasteiger partial charge in [0.25, 0.3) is 0 Å². The molecule has 0 saturated carbocycles. The molecule has 0 radical (unpaired) electrons. The van der Waals surface area contributed by atoms with Crippen molar-refractivity contribution in [3.63, 3.8) is 0 Å². The van der Waals surface area contributed by atoms with Gasteiger partial charge in [-0.25, -0.2) is 9.59 Å². The van der Waals surface area contributed by atoms with Gasteiger partial charge in [-0.3, -0.25) is 0 Å². The molecule has 1 aliphatic rings. The molecule has 0 spiro atoms. The molecule has 1 unspecified atom stereocenters. The van der Waals surface area contributed by atoms with E-state index < -0.39 is 18.0 Å². The molecule has 0 aromatic heterocycles. The summed E-state index contributed by atoms with van der Waals surface area (Å²) in [5.41, 5.74) is 0.744. The van der Waals surface area contributed by atoms with Crippen LogP contribution in [0.5, 0.6) is 0 Å². The Kier molecular flexibility index (Phi) is 2.59. The number of nitrogens with one attached hydrogen (secondary N) is 2. The fourth-order valence-electron chi connectivity index (χ4n) is 1.51. The van der Waals surface area contributed by atoms with Crippen molar-refractivity contribution in [3.8, 4) is 0 Å². The van der Waals surface area contributed by atoms with Gasteiger partial charge in [-0.1, -0.05) is 30.3 Å². The van der Waals surface area contributed by atoms with Gasteiger partial charge < -0.3 is 15.7 Å². The number of aliphatic carboxylic acids is 1. The first-order valence-electron chi connectivity index (χ1n) is 4.74. The van der Waals surface area contributed by atoms with Crippen LogP contribution in [0.4, 0.5) is 4.79 Å². The molecule has 0 fully saturated rings. The molecule has 5 nitrogen and oxygen atoms in total. The van der Waals surface area contributed by atoms with Crippen LogP contribution in [0.25, 0.3) is 0 Å². The third-order valence-corrected chi connectivity index (χ3v) is 2.26. The van der Waals surface area contributed by atoms with Gasteiger partial charge in [0.05, 0.1) is 6.04 Å². The van der Waals surface area contributed by atoms with Gasteiger partial charge >= 0.3 is 12.0 Å². The number of hydrogen-bond donors (Lipinski definition) is 3. The van der Waals surface area contributed by atoms with E-state index in [1.165, 1.54) is 6.08 Å². The van der Waals surface area contributed by atoms with Crippen LogP contribution < -0.4 is 10.6 Å². The lowest BCUT2D eigenvalue weighted by Crippen LogP contribution is -2.43. The Morgan fingerprint density at radius 3 is 2.56 bits per heavy atom. The SMILES string of the molecule is O=C1NC(C(=O)O)=CC(c2ccccc2)N1. The first-order valence-corrected chi connectivity index (χ1v) is 4.74. The van der Waals surface area contributed by atoms with Gasteiger partial charge in [0, 0.05) is 0 Å². The molecular weight excluding hydrogens is 208 g/mol. The van der Waals surface area contributed by atoms with Gasteiger partial charge in [0.15, 0.2) is 0 Å². The molecule has 3 N–H and O–H groups in total. The second-order valence-electron chi connectivity index (χ2n) is 3.37. The van der Waals surface area contributed by atoms with E-state index >= 15 is 0 Å². The average Bonchev–Trinajstić information content (AvgIpc) is 2.29. The smallest absolute Gasteiger partial charge is 0.352 e. The molecule has 1 heterocycles. The highest BCUT2D eigenvalue weighted by Crippen LogP contribution is 2.17. The quantitative estimate of drug-likeness (QED) is 0.693. The number of urea groups is 1. The number of carbonyl (C=O) groups excluding carboxylic acids is 1. The summed E-state index contributed by atoms with van der Waals surface area (Å²) < 4.78 is 0. The predicted molar refractivity (Wildman–Crippen MR) is 56.6 cm³/mol. The molecule has 2 rings (SSSR count). The second kappa shape index (κ2) is 4.06. The van der Waals surface area contributed by atoms with Crippen molar-refractivity contribution >= 4 is 12.0 Å². The number of benzene rings is 1. The maximum Gasteiger partial charge on any atom is 0.352 e. The lowest BCUT2D eigenvalue weighted by Gasteiger charge is -2.22. The molecule has 5 heteroatoms. The first-order chi connectivity index (χ1) is 7.66. The van der Waals surface area contributed by atoms with E-state index in [-0.39, 0.29) is 5.70 Å². The number of hydrogen-bond acceptors (Lipinski definition) is 2. The molecule has 1 aromatic carbocycles. The molecular formula is C11H10N2O3. The zero-order chi connectivity index (χ0) is 11.5. The van der Waals surface area contributed by atoms with Crippen LogP contribution in [0.3, 0.4) is 0 Å². The summed E-state index contributed by atoms with van der Waals surface area (Å²) in [4.78, 5) is 22.0. The third-order valence-electron chi connectivity index (χ3n) is 2.26. The molecule has 1 atom stereocenters. The molecule has 0 bridgehead atoms. The van der Waals surface area contributed by atoms with Crippen LogP contribution in [0.15, 0.2) is 42.1 Å². The third kappa shape index (κ3) is 2.03. The van der Waals surface area contributed by atoms with Crippen molar-refractivity contribution in [2.24, 2.45) is 0 Å². The number of amides is 2. The highest BCUT2D eigenvalue weighted by atomic mass is 16.4. The van der Waals surface area contributed by atoms with E-state index in [4.69, 9.17) is 5.11 Å². The molecule has 2 amide bonds. The summed E-state index contributed by atoms with van der Waals surface area (Å²) in [6.07, 6.45) is 1.47. The minimum absolute atomic E-state index is 0.0994. The fourth-order valence-corrected chi connectivity index (χ4v) is 1.51. The Labute approximate surface area is 91.8 Å². The summed E-state index contributed by atoms with van der Waals surface area (Å²) in [6, 6.07) is 8.26. The summed E-state index contributed by atoms with van der Waals surface area (Å²) in [5.74, 6) is -1.14. The Morgan fingerprint density at radius 2 is 1.94 bits per heavy atom. The molecule has 82 valence electrons. The zero-order valence-corrected chi connectivity index (χ0v) is 8.31. The van der Waals surface area contributed by atoms with Crippen molar-refractivity contribution < 1.29 is 14.7 Å². The van der Waals surface area contributed by atoms with E-state index in [0.717, 1.165) is 5.56 Å². The highest BCUT2D eigenvalue weighted by Gasteiger charge is 2.22. The van der Waals surface area contributed by atoms with E-state index in [1.807, 2.05) is 30.3 Å². The van der Waals surface area contributed by atoms with E-state index in [2.05, 4.69) is 10.6 Å². The van der Waals surface area contributed by atoms with Crippen LogP contribution >= 0.6 is 0 Å². The van der Waals surface area contributed by atoms with Gasteiger partial charge in [0.2, 0.25) is 0 Å². The molecule has 1 aromatic rings. The van der Waals surface area contributed by atoms with E-state index in [9.17, 15) is 9.59 Å². The highest BCUT2D eigenvalue weighted by molar-refractivity contribution is 5.93. The summed E-state index contributed by atoms with van der Waals surface area (Å²) >= 11 is 0. The standard InChI is InChI=1S/C11H10N2O3/c14-10(15)9-6-8(12-11(16)13-9)7-4-2-1-3-5-7/h1-6,8H,(H,14,15)(H2,12,13,16). The van der Waals surface area contributed by atoms with Gasteiger partial charge in [-0.15, -0.1) is 0 Å². The molecule has 16 heavy (non-hydrogen) atoms. The topological polar surface area (TPSA) is 78.4 Å². The lowest BCUT2D eigenvalue weighted by molar-refractivity contribution is -0.133. The van der Waals surface area contributed by atoms with Crippen molar-refractivity contribution in [1.29, 1.82) is 0 Å². The minimum atomic E-state index is -1.14. The summed E-state index contributed by atoms with van der Waals surface area (Å²) in [6.45, 7) is 0. The van der Waals surface area contributed by atoms with Gasteiger partial charge in [-0.05, 0) is 11.6 Å². The van der Waals surface area contributed by atoms with E-state index in [1.54, 1.807) is 0 Å². The lowest BCUT2D eigenvalue weighted by atomic mass is 10.0. The number of carboxylic acid groups (broad SMARTS) is 1. The van der Waals surface area contributed by atoms with Gasteiger partial charge in [0.1, 0.15) is 5.70 Å². The number of rotatable bonds is 2. The largest absolute Gasteiger partial charge is 0.477 e. The van der Waals surface area contributed by atoms with Crippen LogP contribution in [-0.2, 0) is 4.79 Å². The summed E-state index contributed by atoms with van der Waals surface area (Å²) in [5, 5.41) is 13.7. The molecule has 1 aliphatic heterocycles. The number of carbonyl (C=O) groups is 2. The van der Waals surface area contributed by atoms with Crippen molar-refractivity contribution in [1.82, 2.24) is 10.6 Å². The maximum absolute atomic E-state index is 11.2. The average molecular weight is 218 g/mol. The van der Waals surface area contributed by atoms with Crippen molar-refractivity contribution in [2.45, 2.75) is 6.04 Å². The van der Waals surface area contributed by atoms with Crippen LogP contribution in [0.2, 0.25) is 0 Å². The Morgan fingerprint density at radius 1 is 1.25 bits per heavy atom. The maximum atomic E-state index is 11.2. The first kappa shape index (κ1) is 10.2. The molecule has 0 aliphatic carbocycles. The van der Waals surface area contributed by atoms with Crippen LogP contribution in [0, 0.1) is 0 Å². The monoisotopic (exact) mass is 218 g/mol. The summed E-state index contributed by atoms with van der Waals surface area (Å²) in [7, 11) is 0. The Hall–Kier alpha value is -2.30. The van der Waals surface area contributed by atoms with E-state index in [0.29, 0.717) is 0 Å². The van der Waals surface area contributed by atoms with Gasteiger partial charge in [-0.2, -0.15) is 0 Å². The minimum Gasteiger partial charge on any atom is -0.477 e. The number of carboxylic acids is 1. The normalized spacial score (nSPS) is 19.4. The fraction of sp³-hybridized carbons (Fsp3) is 0.0909. The molecule has 0 saturated heterocycles. The van der Waals surface area contributed by atoms with Crippen molar-refractivity contribution in [3.05, 3.63) is 47.7 Å². The van der Waals surface area contributed by atoms with Crippen LogP contribution in [0.1, 0.15) is 11.6 Å². The Balaban J connectivity index is 2.32. The predicted octanol–water partition coefficient (Wildman–Crippen LogP) is 1.01. The Bertz CT molecular complexity index is 454. The zero-order valence-electron chi connectivity index (χ0n) is 8.31.